The van der Waals surface area contributed by atoms with E-state index in [1.807, 2.05) is 0 Å². The minimum absolute atomic E-state index is 0.0318. The molecule has 3 nitrogen and oxygen atoms in total. The van der Waals surface area contributed by atoms with Crippen molar-refractivity contribution in [3.8, 4) is 0 Å². The van der Waals surface area contributed by atoms with E-state index >= 15 is 0 Å². The van der Waals surface area contributed by atoms with Crippen molar-refractivity contribution in [2.24, 2.45) is 0 Å². The highest BCUT2D eigenvalue weighted by Gasteiger charge is 2.14. The van der Waals surface area contributed by atoms with Crippen LogP contribution in [0.1, 0.15) is 41.0 Å². The molecule has 0 radical (unpaired) electrons. The predicted molar refractivity (Wildman–Crippen MR) is 67.6 cm³/mol. The normalized spacial score (nSPS) is 14.2. The average Bonchev–Trinajstić information content (AvgIpc) is 2.12. The maximum absolute atomic E-state index is 5.71. The summed E-state index contributed by atoms with van der Waals surface area (Å²) in [6, 6.07) is 1.05. The molecule has 0 aliphatic carbocycles. The standard InChI is InChI=1S/C11H27NO2Si/c1-6-8-12-15(14-7-2)10-9-13-11(3,4)5/h12,15H,6-10H2,1-5H3. The molecule has 92 valence electrons. The second kappa shape index (κ2) is 8.27. The van der Waals surface area contributed by atoms with Crippen LogP contribution in [-0.2, 0) is 9.16 Å². The Kier molecular flexibility index (Phi) is 8.33. The third-order valence-electron chi connectivity index (χ3n) is 1.90. The molecule has 0 aromatic carbocycles. The fraction of sp³-hybridized carbons (Fsp3) is 1.00. The van der Waals surface area contributed by atoms with Gasteiger partial charge in [-0.15, -0.1) is 0 Å². The van der Waals surface area contributed by atoms with E-state index in [0.717, 1.165) is 32.2 Å². The highest BCUT2D eigenvalue weighted by molar-refractivity contribution is 6.48. The molecule has 0 saturated heterocycles. The number of hydrogen-bond donors (Lipinski definition) is 1. The van der Waals surface area contributed by atoms with Crippen LogP contribution >= 0.6 is 0 Å². The maximum atomic E-state index is 5.71. The SMILES string of the molecule is CCCN[SiH](CCOC(C)(C)C)OCC. The third kappa shape index (κ3) is 10.4. The minimum Gasteiger partial charge on any atom is -0.406 e. The van der Waals surface area contributed by atoms with Crippen molar-refractivity contribution in [2.45, 2.75) is 52.7 Å². The quantitative estimate of drug-likeness (QED) is 0.651. The Labute approximate surface area is 96.3 Å². The lowest BCUT2D eigenvalue weighted by molar-refractivity contribution is 0.00398. The number of rotatable bonds is 8. The predicted octanol–water partition coefficient (Wildman–Crippen LogP) is 2.06. The van der Waals surface area contributed by atoms with Crippen LogP contribution in [0.2, 0.25) is 6.04 Å². The molecular formula is C11H27NO2Si. The van der Waals surface area contributed by atoms with Crippen LogP contribution in [0.25, 0.3) is 0 Å². The van der Waals surface area contributed by atoms with E-state index in [9.17, 15) is 0 Å². The molecule has 0 aromatic rings. The van der Waals surface area contributed by atoms with Gasteiger partial charge in [0.25, 0.3) is 9.20 Å². The number of nitrogens with one attached hydrogen (secondary N) is 1. The van der Waals surface area contributed by atoms with Crippen LogP contribution < -0.4 is 4.98 Å². The second-order valence-corrected chi connectivity index (χ2v) is 6.94. The largest absolute Gasteiger partial charge is 0.406 e. The molecule has 0 spiro atoms. The van der Waals surface area contributed by atoms with Crippen molar-refractivity contribution in [1.82, 2.24) is 4.98 Å². The van der Waals surface area contributed by atoms with E-state index in [2.05, 4.69) is 39.6 Å². The smallest absolute Gasteiger partial charge is 0.254 e. The summed E-state index contributed by atoms with van der Waals surface area (Å²) in [6.45, 7) is 13.2. The van der Waals surface area contributed by atoms with Gasteiger partial charge in [0.05, 0.1) is 5.60 Å². The van der Waals surface area contributed by atoms with Gasteiger partial charge < -0.3 is 14.1 Å². The van der Waals surface area contributed by atoms with Crippen molar-refractivity contribution in [1.29, 1.82) is 0 Å². The van der Waals surface area contributed by atoms with E-state index in [-0.39, 0.29) is 5.60 Å². The Morgan fingerprint density at radius 3 is 2.33 bits per heavy atom. The summed E-state index contributed by atoms with van der Waals surface area (Å²) in [4.78, 5) is 3.49. The van der Waals surface area contributed by atoms with Gasteiger partial charge in [0.2, 0.25) is 0 Å². The van der Waals surface area contributed by atoms with E-state index in [0.29, 0.717) is 0 Å². The van der Waals surface area contributed by atoms with Crippen molar-refractivity contribution in [3.63, 3.8) is 0 Å². The average molecular weight is 233 g/mol. The van der Waals surface area contributed by atoms with Crippen LogP contribution in [0.4, 0.5) is 0 Å². The van der Waals surface area contributed by atoms with E-state index in [1.54, 1.807) is 0 Å². The molecule has 0 aromatic heterocycles. The molecule has 1 N–H and O–H groups in total. The van der Waals surface area contributed by atoms with Crippen LogP contribution in [0.3, 0.4) is 0 Å². The molecule has 1 unspecified atom stereocenters. The monoisotopic (exact) mass is 233 g/mol. The van der Waals surface area contributed by atoms with Gasteiger partial charge in [0.1, 0.15) is 0 Å². The first kappa shape index (κ1) is 15.1. The fourth-order valence-corrected chi connectivity index (χ4v) is 3.06. The van der Waals surface area contributed by atoms with Gasteiger partial charge in [-0.2, -0.15) is 0 Å². The molecule has 0 rings (SSSR count). The van der Waals surface area contributed by atoms with Gasteiger partial charge in [-0.05, 0) is 40.7 Å². The van der Waals surface area contributed by atoms with Gasteiger partial charge in [-0.3, -0.25) is 0 Å². The fourth-order valence-electron chi connectivity index (χ4n) is 1.22. The summed E-state index contributed by atoms with van der Waals surface area (Å²) in [5.74, 6) is 0. The molecule has 0 heterocycles. The number of hydrogen-bond acceptors (Lipinski definition) is 3. The summed E-state index contributed by atoms with van der Waals surface area (Å²) in [6.07, 6.45) is 1.16. The second-order valence-electron chi connectivity index (χ2n) is 4.65. The Bertz CT molecular complexity index is 148. The van der Waals surface area contributed by atoms with E-state index in [1.165, 1.54) is 0 Å². The molecule has 15 heavy (non-hydrogen) atoms. The molecule has 0 fully saturated rings. The molecule has 1 atom stereocenters. The van der Waals surface area contributed by atoms with E-state index < -0.39 is 9.20 Å². The summed E-state index contributed by atoms with van der Waals surface area (Å²) in [5.41, 5.74) is -0.0318. The van der Waals surface area contributed by atoms with Crippen LogP contribution in [0.15, 0.2) is 0 Å². The lowest BCUT2D eigenvalue weighted by Crippen LogP contribution is -2.39. The molecule has 0 aliphatic rings. The van der Waals surface area contributed by atoms with Gasteiger partial charge in [-0.1, -0.05) is 6.92 Å². The van der Waals surface area contributed by atoms with Crippen molar-refractivity contribution in [3.05, 3.63) is 0 Å². The number of ether oxygens (including phenoxy) is 1. The van der Waals surface area contributed by atoms with Crippen molar-refractivity contribution >= 4 is 9.20 Å². The Hall–Kier alpha value is 0.0969. The lowest BCUT2D eigenvalue weighted by atomic mass is 10.2. The van der Waals surface area contributed by atoms with E-state index in [4.69, 9.17) is 9.16 Å². The molecule has 0 bridgehead atoms. The highest BCUT2D eigenvalue weighted by Crippen LogP contribution is 2.07. The summed E-state index contributed by atoms with van der Waals surface area (Å²) >= 11 is 0. The molecular weight excluding hydrogens is 206 g/mol. The molecule has 0 amide bonds. The Morgan fingerprint density at radius 2 is 1.87 bits per heavy atom. The van der Waals surface area contributed by atoms with Crippen LogP contribution in [0, 0.1) is 0 Å². The summed E-state index contributed by atoms with van der Waals surface area (Å²) in [7, 11) is -1.22. The Morgan fingerprint density at radius 1 is 1.20 bits per heavy atom. The van der Waals surface area contributed by atoms with Gasteiger partial charge in [0, 0.05) is 19.3 Å². The Balaban J connectivity index is 3.65. The first-order valence-electron chi connectivity index (χ1n) is 5.98. The van der Waals surface area contributed by atoms with Gasteiger partial charge in [-0.25, -0.2) is 0 Å². The van der Waals surface area contributed by atoms with Crippen molar-refractivity contribution in [2.75, 3.05) is 19.8 Å². The van der Waals surface area contributed by atoms with Gasteiger partial charge >= 0.3 is 0 Å². The first-order chi connectivity index (χ1) is 6.99. The molecule has 0 saturated carbocycles. The zero-order chi connectivity index (χ0) is 11.7. The highest BCUT2D eigenvalue weighted by atomic mass is 28.3. The van der Waals surface area contributed by atoms with Crippen LogP contribution in [0.5, 0.6) is 0 Å². The molecule has 4 heteroatoms. The topological polar surface area (TPSA) is 30.5 Å². The summed E-state index contributed by atoms with van der Waals surface area (Å²) in [5, 5.41) is 0. The minimum atomic E-state index is -1.22. The zero-order valence-electron chi connectivity index (χ0n) is 10.9. The van der Waals surface area contributed by atoms with Crippen molar-refractivity contribution < 1.29 is 9.16 Å². The molecule has 0 aliphatic heterocycles. The lowest BCUT2D eigenvalue weighted by Gasteiger charge is -2.22. The van der Waals surface area contributed by atoms with Crippen LogP contribution in [-0.4, -0.2) is 34.6 Å². The zero-order valence-corrected chi connectivity index (χ0v) is 12.1. The van der Waals surface area contributed by atoms with Gasteiger partial charge in [0.15, 0.2) is 0 Å². The first-order valence-corrected chi connectivity index (χ1v) is 7.85. The third-order valence-corrected chi connectivity index (χ3v) is 4.14. The maximum Gasteiger partial charge on any atom is 0.254 e. The summed E-state index contributed by atoms with van der Waals surface area (Å²) < 4.78 is 11.4.